The third-order valence-corrected chi connectivity index (χ3v) is 2.28. The second-order valence-electron chi connectivity index (χ2n) is 3.26. The number of likely N-dealkylation sites (tertiary alicyclic amines) is 1. The Morgan fingerprint density at radius 1 is 1.15 bits per heavy atom. The molecule has 0 spiro atoms. The van der Waals surface area contributed by atoms with Gasteiger partial charge in [0.05, 0.1) is 0 Å². The van der Waals surface area contributed by atoms with Gasteiger partial charge in [0, 0.05) is 0 Å². The molecular weight excluding hydrogens is 160 g/mol. The van der Waals surface area contributed by atoms with E-state index in [1.54, 1.807) is 0 Å². The van der Waals surface area contributed by atoms with Crippen molar-refractivity contribution in [2.75, 3.05) is 32.7 Å². The molecule has 0 unspecified atom stereocenters. The minimum atomic E-state index is 1.11. The van der Waals surface area contributed by atoms with E-state index in [2.05, 4.69) is 17.1 Å². The maximum atomic E-state index is 3.35. The first-order valence-electron chi connectivity index (χ1n) is 5.86. The Morgan fingerprint density at radius 3 is 2.31 bits per heavy atom. The predicted molar refractivity (Wildman–Crippen MR) is 60.2 cm³/mol. The van der Waals surface area contributed by atoms with Gasteiger partial charge in [-0.25, -0.2) is 0 Å². The molecule has 1 rings (SSSR count). The average molecular weight is 186 g/mol. The van der Waals surface area contributed by atoms with Crippen LogP contribution < -0.4 is 5.32 Å². The first kappa shape index (κ1) is 12.9. The molecule has 0 aliphatic carbocycles. The molecule has 1 fully saturated rings. The zero-order valence-electron chi connectivity index (χ0n) is 9.60. The van der Waals surface area contributed by atoms with E-state index in [0.717, 1.165) is 6.54 Å². The van der Waals surface area contributed by atoms with E-state index in [1.165, 1.54) is 45.4 Å². The van der Waals surface area contributed by atoms with Crippen LogP contribution in [0.15, 0.2) is 0 Å². The zero-order chi connectivity index (χ0) is 9.94. The van der Waals surface area contributed by atoms with Crippen molar-refractivity contribution < 1.29 is 0 Å². The lowest BCUT2D eigenvalue weighted by Gasteiger charge is -2.13. The fraction of sp³-hybridized carbons (Fsp3) is 1.00. The molecule has 80 valence electrons. The summed E-state index contributed by atoms with van der Waals surface area (Å²) in [6.07, 6.45) is 4.15. The van der Waals surface area contributed by atoms with Crippen LogP contribution in [-0.2, 0) is 0 Å². The van der Waals surface area contributed by atoms with Crippen LogP contribution in [0.3, 0.4) is 0 Å². The summed E-state index contributed by atoms with van der Waals surface area (Å²) in [5.41, 5.74) is 0. The molecule has 13 heavy (non-hydrogen) atoms. The molecule has 1 heterocycles. The van der Waals surface area contributed by atoms with Crippen molar-refractivity contribution in [2.45, 2.75) is 40.0 Å². The van der Waals surface area contributed by atoms with E-state index < -0.39 is 0 Å². The number of nitrogens with one attached hydrogen (secondary N) is 1. The molecule has 0 radical (unpaired) electrons. The van der Waals surface area contributed by atoms with Gasteiger partial charge in [0.15, 0.2) is 0 Å². The Balaban J connectivity index is 0.000000671. The maximum absolute atomic E-state index is 3.35. The van der Waals surface area contributed by atoms with E-state index in [0.29, 0.717) is 0 Å². The SMILES string of the molecule is CC.CCNCCCN1CCCC1. The topological polar surface area (TPSA) is 15.3 Å². The minimum absolute atomic E-state index is 1.11. The molecule has 0 aromatic heterocycles. The fourth-order valence-corrected chi connectivity index (χ4v) is 1.61. The summed E-state index contributed by atoms with van der Waals surface area (Å²) in [7, 11) is 0. The van der Waals surface area contributed by atoms with Gasteiger partial charge in [0.1, 0.15) is 0 Å². The van der Waals surface area contributed by atoms with Gasteiger partial charge >= 0.3 is 0 Å². The normalized spacial score (nSPS) is 16.8. The standard InChI is InChI=1S/C9H20N2.C2H6/c1-2-10-6-5-9-11-7-3-4-8-11;1-2/h10H,2-9H2,1H3;1-2H3. The number of rotatable bonds is 5. The van der Waals surface area contributed by atoms with Crippen LogP contribution in [-0.4, -0.2) is 37.6 Å². The number of nitrogens with zero attached hydrogens (tertiary/aromatic N) is 1. The van der Waals surface area contributed by atoms with Crippen LogP contribution >= 0.6 is 0 Å². The predicted octanol–water partition coefficient (Wildman–Crippen LogP) is 2.11. The van der Waals surface area contributed by atoms with Gasteiger partial charge in [-0.3, -0.25) is 0 Å². The summed E-state index contributed by atoms with van der Waals surface area (Å²) >= 11 is 0. The smallest absolute Gasteiger partial charge is 0.000664 e. The van der Waals surface area contributed by atoms with Crippen LogP contribution in [0.25, 0.3) is 0 Å². The van der Waals surface area contributed by atoms with Crippen LogP contribution in [0, 0.1) is 0 Å². The summed E-state index contributed by atoms with van der Waals surface area (Å²) in [5.74, 6) is 0. The summed E-state index contributed by atoms with van der Waals surface area (Å²) in [6, 6.07) is 0. The summed E-state index contributed by atoms with van der Waals surface area (Å²) in [5, 5.41) is 3.35. The Kier molecular flexibility index (Phi) is 9.94. The van der Waals surface area contributed by atoms with Crippen LogP contribution in [0.2, 0.25) is 0 Å². The van der Waals surface area contributed by atoms with Crippen molar-refractivity contribution in [1.82, 2.24) is 10.2 Å². The second-order valence-corrected chi connectivity index (χ2v) is 3.26. The molecule has 1 saturated heterocycles. The highest BCUT2D eigenvalue weighted by atomic mass is 15.1. The molecule has 0 aromatic carbocycles. The van der Waals surface area contributed by atoms with Gasteiger partial charge in [-0.15, -0.1) is 0 Å². The number of hydrogen-bond acceptors (Lipinski definition) is 2. The highest BCUT2D eigenvalue weighted by molar-refractivity contribution is 4.65. The molecule has 2 nitrogen and oxygen atoms in total. The molecule has 0 amide bonds. The largest absolute Gasteiger partial charge is 0.317 e. The average Bonchev–Trinajstić information content (AvgIpc) is 2.68. The van der Waals surface area contributed by atoms with Crippen LogP contribution in [0.1, 0.15) is 40.0 Å². The van der Waals surface area contributed by atoms with E-state index in [9.17, 15) is 0 Å². The molecule has 0 aromatic rings. The van der Waals surface area contributed by atoms with Crippen LogP contribution in [0.5, 0.6) is 0 Å². The lowest BCUT2D eigenvalue weighted by Crippen LogP contribution is -2.24. The number of hydrogen-bond donors (Lipinski definition) is 1. The molecule has 0 bridgehead atoms. The van der Waals surface area contributed by atoms with Crippen molar-refractivity contribution >= 4 is 0 Å². The lowest BCUT2D eigenvalue weighted by molar-refractivity contribution is 0.331. The highest BCUT2D eigenvalue weighted by Gasteiger charge is 2.09. The molecule has 2 heteroatoms. The summed E-state index contributed by atoms with van der Waals surface area (Å²) < 4.78 is 0. The summed E-state index contributed by atoms with van der Waals surface area (Å²) in [6.45, 7) is 12.4. The quantitative estimate of drug-likeness (QED) is 0.662. The van der Waals surface area contributed by atoms with Gasteiger partial charge in [0.2, 0.25) is 0 Å². The lowest BCUT2D eigenvalue weighted by atomic mass is 10.4. The van der Waals surface area contributed by atoms with Gasteiger partial charge in [-0.2, -0.15) is 0 Å². The Morgan fingerprint density at radius 2 is 1.77 bits per heavy atom. The van der Waals surface area contributed by atoms with Crippen molar-refractivity contribution in [3.63, 3.8) is 0 Å². The minimum Gasteiger partial charge on any atom is -0.317 e. The van der Waals surface area contributed by atoms with E-state index in [-0.39, 0.29) is 0 Å². The van der Waals surface area contributed by atoms with Crippen molar-refractivity contribution in [3.05, 3.63) is 0 Å². The van der Waals surface area contributed by atoms with Gasteiger partial charge < -0.3 is 10.2 Å². The van der Waals surface area contributed by atoms with Crippen molar-refractivity contribution in [3.8, 4) is 0 Å². The van der Waals surface area contributed by atoms with Crippen LogP contribution in [0.4, 0.5) is 0 Å². The molecule has 1 aliphatic heterocycles. The Bertz CT molecular complexity index is 88.1. The first-order chi connectivity index (χ1) is 6.43. The third kappa shape index (κ3) is 7.03. The molecular formula is C11H26N2. The molecule has 0 saturated carbocycles. The van der Waals surface area contributed by atoms with E-state index in [4.69, 9.17) is 0 Å². The van der Waals surface area contributed by atoms with E-state index >= 15 is 0 Å². The maximum Gasteiger partial charge on any atom is -0.000664 e. The second kappa shape index (κ2) is 10.0. The highest BCUT2D eigenvalue weighted by Crippen LogP contribution is 2.06. The fourth-order valence-electron chi connectivity index (χ4n) is 1.61. The Labute approximate surface area is 83.7 Å². The molecule has 1 aliphatic rings. The van der Waals surface area contributed by atoms with Gasteiger partial charge in [0.25, 0.3) is 0 Å². The first-order valence-corrected chi connectivity index (χ1v) is 5.86. The monoisotopic (exact) mass is 186 g/mol. The molecule has 0 atom stereocenters. The van der Waals surface area contributed by atoms with E-state index in [1.807, 2.05) is 13.8 Å². The Hall–Kier alpha value is -0.0800. The van der Waals surface area contributed by atoms with Crippen molar-refractivity contribution in [2.24, 2.45) is 0 Å². The summed E-state index contributed by atoms with van der Waals surface area (Å²) in [4.78, 5) is 2.57. The van der Waals surface area contributed by atoms with Crippen molar-refractivity contribution in [1.29, 1.82) is 0 Å². The van der Waals surface area contributed by atoms with Gasteiger partial charge in [-0.1, -0.05) is 20.8 Å². The van der Waals surface area contributed by atoms with Gasteiger partial charge in [-0.05, 0) is 52.0 Å². The zero-order valence-corrected chi connectivity index (χ0v) is 9.60. The molecule has 1 N–H and O–H groups in total. The third-order valence-electron chi connectivity index (χ3n) is 2.28.